The second kappa shape index (κ2) is 7.25. The Morgan fingerprint density at radius 3 is 2.80 bits per heavy atom. The first-order valence-corrected chi connectivity index (χ1v) is 10.6. The SMILES string of the molecule is COc1ccc([C@H]2c3[nH]c4ccccc4c3CCN2C(=O)c2cnsn2)c(C)c1C. The number of hydrogen-bond donors (Lipinski definition) is 1. The minimum atomic E-state index is -0.222. The predicted octanol–water partition coefficient (Wildman–Crippen LogP) is 4.43. The molecule has 0 saturated heterocycles. The summed E-state index contributed by atoms with van der Waals surface area (Å²) >= 11 is 1.06. The number of ether oxygens (including phenoxy) is 1. The van der Waals surface area contributed by atoms with Gasteiger partial charge in [-0.3, -0.25) is 4.79 Å². The number of aromatic nitrogens is 3. The van der Waals surface area contributed by atoms with Crippen molar-refractivity contribution >= 4 is 28.5 Å². The molecule has 5 rings (SSSR count). The first-order chi connectivity index (χ1) is 14.6. The van der Waals surface area contributed by atoms with Crippen LogP contribution in [0.5, 0.6) is 5.75 Å². The summed E-state index contributed by atoms with van der Waals surface area (Å²) in [5.41, 5.74) is 7.15. The number of nitrogens with zero attached hydrogens (tertiary/aromatic N) is 3. The second-order valence-corrected chi connectivity index (χ2v) is 8.17. The fourth-order valence-electron chi connectivity index (χ4n) is 4.52. The maximum Gasteiger partial charge on any atom is 0.276 e. The maximum atomic E-state index is 13.4. The Morgan fingerprint density at radius 2 is 2.03 bits per heavy atom. The number of methoxy groups -OCH3 is 1. The molecule has 0 aliphatic carbocycles. The zero-order valence-electron chi connectivity index (χ0n) is 17.1. The van der Waals surface area contributed by atoms with Crippen LogP contribution in [-0.4, -0.2) is 38.2 Å². The molecule has 1 N–H and O–H groups in total. The zero-order chi connectivity index (χ0) is 20.8. The summed E-state index contributed by atoms with van der Waals surface area (Å²) < 4.78 is 13.7. The van der Waals surface area contributed by atoms with Crippen molar-refractivity contribution in [3.8, 4) is 5.75 Å². The van der Waals surface area contributed by atoms with E-state index in [1.54, 1.807) is 13.3 Å². The van der Waals surface area contributed by atoms with Crippen LogP contribution in [0.2, 0.25) is 0 Å². The number of carbonyl (C=O) groups excluding carboxylic acids is 1. The summed E-state index contributed by atoms with van der Waals surface area (Å²) in [5.74, 6) is 0.761. The van der Waals surface area contributed by atoms with Crippen LogP contribution in [0.1, 0.15) is 44.5 Å². The Balaban J connectivity index is 1.72. The van der Waals surface area contributed by atoms with E-state index in [2.05, 4.69) is 51.8 Å². The van der Waals surface area contributed by atoms with Gasteiger partial charge in [0.2, 0.25) is 0 Å². The van der Waals surface area contributed by atoms with Gasteiger partial charge in [-0.05, 0) is 54.7 Å². The monoisotopic (exact) mass is 418 g/mol. The summed E-state index contributed by atoms with van der Waals surface area (Å²) in [7, 11) is 1.68. The molecule has 0 radical (unpaired) electrons. The van der Waals surface area contributed by atoms with Gasteiger partial charge in [-0.15, -0.1) is 0 Å². The molecule has 152 valence electrons. The van der Waals surface area contributed by atoms with Gasteiger partial charge in [-0.1, -0.05) is 24.3 Å². The summed E-state index contributed by atoms with van der Waals surface area (Å²) in [6, 6.07) is 12.2. The van der Waals surface area contributed by atoms with E-state index in [4.69, 9.17) is 4.74 Å². The first-order valence-electron chi connectivity index (χ1n) is 9.92. The molecule has 7 heteroatoms. The average Bonchev–Trinajstić information content (AvgIpc) is 3.43. The lowest BCUT2D eigenvalue weighted by atomic mass is 9.88. The molecule has 1 atom stereocenters. The van der Waals surface area contributed by atoms with Gasteiger partial charge in [0.05, 0.1) is 31.1 Å². The van der Waals surface area contributed by atoms with Gasteiger partial charge in [0.15, 0.2) is 5.69 Å². The lowest BCUT2D eigenvalue weighted by molar-refractivity contribution is 0.0686. The average molecular weight is 419 g/mol. The minimum Gasteiger partial charge on any atom is -0.496 e. The van der Waals surface area contributed by atoms with Crippen LogP contribution >= 0.6 is 11.7 Å². The van der Waals surface area contributed by atoms with Crippen molar-refractivity contribution in [1.29, 1.82) is 0 Å². The van der Waals surface area contributed by atoms with Crippen LogP contribution in [0, 0.1) is 13.8 Å². The van der Waals surface area contributed by atoms with Gasteiger partial charge in [-0.2, -0.15) is 8.75 Å². The number of aromatic amines is 1. The Bertz CT molecular complexity index is 1250. The number of hydrogen-bond acceptors (Lipinski definition) is 5. The molecule has 0 saturated carbocycles. The van der Waals surface area contributed by atoms with Crippen molar-refractivity contribution in [2.45, 2.75) is 26.3 Å². The van der Waals surface area contributed by atoms with E-state index in [1.165, 1.54) is 10.9 Å². The second-order valence-electron chi connectivity index (χ2n) is 7.61. The molecule has 0 fully saturated rings. The van der Waals surface area contributed by atoms with E-state index in [-0.39, 0.29) is 11.9 Å². The quantitative estimate of drug-likeness (QED) is 0.534. The van der Waals surface area contributed by atoms with Crippen molar-refractivity contribution in [2.24, 2.45) is 0 Å². The number of nitrogens with one attached hydrogen (secondary N) is 1. The fraction of sp³-hybridized carbons (Fsp3) is 0.261. The molecule has 1 amide bonds. The third kappa shape index (κ3) is 2.81. The Labute approximate surface area is 178 Å². The predicted molar refractivity (Wildman–Crippen MR) is 117 cm³/mol. The van der Waals surface area contributed by atoms with E-state index in [0.29, 0.717) is 12.2 Å². The van der Waals surface area contributed by atoms with Crippen molar-refractivity contribution < 1.29 is 9.53 Å². The molecule has 2 aromatic heterocycles. The number of amides is 1. The van der Waals surface area contributed by atoms with Gasteiger partial charge in [-0.25, -0.2) is 0 Å². The van der Waals surface area contributed by atoms with Crippen molar-refractivity contribution in [3.63, 3.8) is 0 Å². The molecule has 3 heterocycles. The van der Waals surface area contributed by atoms with Crippen molar-refractivity contribution in [2.75, 3.05) is 13.7 Å². The number of para-hydroxylation sites is 1. The molecular formula is C23H22N4O2S. The maximum absolute atomic E-state index is 13.4. The molecule has 0 spiro atoms. The molecule has 1 aliphatic heterocycles. The first kappa shape index (κ1) is 18.8. The normalized spacial score (nSPS) is 16.0. The highest BCUT2D eigenvalue weighted by Gasteiger charge is 2.36. The highest BCUT2D eigenvalue weighted by atomic mass is 32.1. The highest BCUT2D eigenvalue weighted by molar-refractivity contribution is 6.99. The molecular weight excluding hydrogens is 396 g/mol. The third-order valence-electron chi connectivity index (χ3n) is 6.17. The number of benzene rings is 2. The van der Waals surface area contributed by atoms with E-state index in [0.717, 1.165) is 51.8 Å². The number of rotatable bonds is 3. The molecule has 1 aliphatic rings. The largest absolute Gasteiger partial charge is 0.496 e. The van der Waals surface area contributed by atoms with Crippen LogP contribution in [0.4, 0.5) is 0 Å². The molecule has 2 aromatic carbocycles. The van der Waals surface area contributed by atoms with Crippen LogP contribution in [-0.2, 0) is 6.42 Å². The van der Waals surface area contributed by atoms with Gasteiger partial charge in [0, 0.05) is 23.1 Å². The smallest absolute Gasteiger partial charge is 0.276 e. The number of H-pyrrole nitrogens is 1. The van der Waals surface area contributed by atoms with Crippen LogP contribution < -0.4 is 4.74 Å². The van der Waals surface area contributed by atoms with Crippen molar-refractivity contribution in [3.05, 3.63) is 76.2 Å². The van der Waals surface area contributed by atoms with Gasteiger partial charge < -0.3 is 14.6 Å². The van der Waals surface area contributed by atoms with E-state index >= 15 is 0 Å². The lowest BCUT2D eigenvalue weighted by Gasteiger charge is -2.37. The van der Waals surface area contributed by atoms with Crippen LogP contribution in [0.3, 0.4) is 0 Å². The molecule has 4 aromatic rings. The zero-order valence-corrected chi connectivity index (χ0v) is 17.9. The van der Waals surface area contributed by atoms with E-state index < -0.39 is 0 Å². The van der Waals surface area contributed by atoms with Gasteiger partial charge >= 0.3 is 0 Å². The van der Waals surface area contributed by atoms with Crippen LogP contribution in [0.15, 0.2) is 42.6 Å². The van der Waals surface area contributed by atoms with Crippen molar-refractivity contribution in [1.82, 2.24) is 18.6 Å². The summed E-state index contributed by atoms with van der Waals surface area (Å²) in [5, 5.41) is 1.22. The van der Waals surface area contributed by atoms with Gasteiger partial charge in [0.1, 0.15) is 5.75 Å². The Morgan fingerprint density at radius 1 is 1.20 bits per heavy atom. The summed E-state index contributed by atoms with van der Waals surface area (Å²) in [4.78, 5) is 18.9. The fourth-order valence-corrected chi connectivity index (χ4v) is 4.93. The highest BCUT2D eigenvalue weighted by Crippen LogP contribution is 2.41. The standard InChI is InChI=1S/C23H22N4O2S/c1-13-14(2)20(29-3)9-8-15(13)22-21-17(16-6-4-5-7-18(16)25-21)10-11-27(22)23(28)19-12-24-30-26-19/h4-9,12,22,25H,10-11H2,1-3H3/t22-/m0/s1. The number of carbonyl (C=O) groups is 1. The topological polar surface area (TPSA) is 71.1 Å². The summed E-state index contributed by atoms with van der Waals surface area (Å²) in [6.45, 7) is 4.78. The minimum absolute atomic E-state index is 0.0917. The molecule has 0 unspecified atom stereocenters. The molecule has 30 heavy (non-hydrogen) atoms. The number of fused-ring (bicyclic) bond motifs is 3. The Hall–Kier alpha value is -3.19. The van der Waals surface area contributed by atoms with E-state index in [9.17, 15) is 4.79 Å². The van der Waals surface area contributed by atoms with E-state index in [1.807, 2.05) is 17.0 Å². The van der Waals surface area contributed by atoms with Gasteiger partial charge in [0.25, 0.3) is 5.91 Å². The third-order valence-corrected chi connectivity index (χ3v) is 6.65. The molecule has 6 nitrogen and oxygen atoms in total. The summed E-state index contributed by atoms with van der Waals surface area (Å²) in [6.07, 6.45) is 2.35. The lowest BCUT2D eigenvalue weighted by Crippen LogP contribution is -2.41. The Kier molecular flexibility index (Phi) is 4.55. The molecule has 0 bridgehead atoms. The van der Waals surface area contributed by atoms with Crippen LogP contribution in [0.25, 0.3) is 10.9 Å².